The molecule has 3 aromatic rings. The highest BCUT2D eigenvalue weighted by Crippen LogP contribution is 2.40. The van der Waals surface area contributed by atoms with E-state index in [9.17, 15) is 0 Å². The summed E-state index contributed by atoms with van der Waals surface area (Å²) in [5.74, 6) is 0.906. The molecule has 0 saturated carbocycles. The molecular weight excluding hydrogens is 296 g/mol. The van der Waals surface area contributed by atoms with Gasteiger partial charge in [-0.3, -0.25) is 0 Å². The van der Waals surface area contributed by atoms with Crippen LogP contribution in [0.4, 0.5) is 0 Å². The summed E-state index contributed by atoms with van der Waals surface area (Å²) >= 11 is 0. The van der Waals surface area contributed by atoms with Crippen molar-refractivity contribution >= 4 is 10.9 Å². The predicted molar refractivity (Wildman–Crippen MR) is 97.6 cm³/mol. The minimum Gasteiger partial charge on any atom is -0.497 e. The molecule has 0 spiro atoms. The van der Waals surface area contributed by atoms with Crippen LogP contribution < -0.4 is 10.1 Å². The molecule has 1 atom stereocenters. The number of hydrogen-bond acceptors (Lipinski definition) is 2. The maximum Gasteiger partial charge on any atom is 0.118 e. The fourth-order valence-corrected chi connectivity index (χ4v) is 4.48. The Kier molecular flexibility index (Phi) is 3.17. The molecule has 24 heavy (non-hydrogen) atoms. The molecule has 5 rings (SSSR count). The molecule has 0 saturated heterocycles. The molecular formula is C21H22N2O. The highest BCUT2D eigenvalue weighted by atomic mass is 16.5. The largest absolute Gasteiger partial charge is 0.497 e. The van der Waals surface area contributed by atoms with Gasteiger partial charge in [0.25, 0.3) is 0 Å². The van der Waals surface area contributed by atoms with Gasteiger partial charge in [-0.15, -0.1) is 0 Å². The van der Waals surface area contributed by atoms with E-state index in [1.54, 1.807) is 18.4 Å². The minimum atomic E-state index is 0.555. The van der Waals surface area contributed by atoms with Crippen LogP contribution in [0.3, 0.4) is 0 Å². The van der Waals surface area contributed by atoms with Gasteiger partial charge in [-0.2, -0.15) is 0 Å². The molecule has 1 aromatic heterocycles. The third-order valence-corrected chi connectivity index (χ3v) is 5.61. The number of methoxy groups -OCH3 is 1. The first kappa shape index (κ1) is 14.1. The van der Waals surface area contributed by atoms with Crippen molar-refractivity contribution in [1.29, 1.82) is 0 Å². The van der Waals surface area contributed by atoms with E-state index in [1.807, 2.05) is 12.1 Å². The molecule has 3 heteroatoms. The van der Waals surface area contributed by atoms with Crippen molar-refractivity contribution < 1.29 is 4.74 Å². The number of benzene rings is 2. The van der Waals surface area contributed by atoms with Crippen molar-refractivity contribution in [3.05, 3.63) is 53.7 Å². The summed E-state index contributed by atoms with van der Waals surface area (Å²) < 4.78 is 7.83. The highest BCUT2D eigenvalue weighted by Gasteiger charge is 2.29. The van der Waals surface area contributed by atoms with Crippen molar-refractivity contribution in [2.24, 2.45) is 0 Å². The van der Waals surface area contributed by atoms with E-state index in [2.05, 4.69) is 40.2 Å². The topological polar surface area (TPSA) is 26.2 Å². The Balaban J connectivity index is 1.68. The zero-order valence-corrected chi connectivity index (χ0v) is 14.0. The fourth-order valence-electron chi connectivity index (χ4n) is 4.48. The molecule has 122 valence electrons. The van der Waals surface area contributed by atoms with Crippen LogP contribution in [0.15, 0.2) is 42.5 Å². The summed E-state index contributed by atoms with van der Waals surface area (Å²) in [4.78, 5) is 0. The standard InChI is InChI=1S/C21H22N2O/c1-24-16-8-5-14(6-9-16)15-7-10-20-18(13-15)17-3-2-4-19-21(17)23(20)12-11-22-19/h5-10,13,19,22H,2-4,11-12H2,1H3/t19-/m1/s1. The van der Waals surface area contributed by atoms with Gasteiger partial charge < -0.3 is 14.6 Å². The van der Waals surface area contributed by atoms with Gasteiger partial charge in [0.1, 0.15) is 5.75 Å². The molecule has 3 nitrogen and oxygen atoms in total. The first-order valence-corrected chi connectivity index (χ1v) is 8.88. The normalized spacial score (nSPS) is 19.3. The number of nitrogens with zero attached hydrogens (tertiary/aromatic N) is 1. The molecule has 2 aromatic carbocycles. The Labute approximate surface area is 142 Å². The van der Waals surface area contributed by atoms with Crippen LogP contribution in [0.1, 0.15) is 30.1 Å². The van der Waals surface area contributed by atoms with Gasteiger partial charge in [-0.1, -0.05) is 18.2 Å². The van der Waals surface area contributed by atoms with Crippen molar-refractivity contribution in [1.82, 2.24) is 9.88 Å². The molecule has 0 unspecified atom stereocenters. The third kappa shape index (κ3) is 2.01. The van der Waals surface area contributed by atoms with Gasteiger partial charge in [-0.25, -0.2) is 0 Å². The first-order chi connectivity index (χ1) is 11.8. The summed E-state index contributed by atoms with van der Waals surface area (Å²) in [5.41, 5.74) is 7.07. The fraction of sp³-hybridized carbons (Fsp3) is 0.333. The molecule has 2 heterocycles. The van der Waals surface area contributed by atoms with E-state index in [4.69, 9.17) is 4.74 Å². The number of hydrogen-bond donors (Lipinski definition) is 1. The van der Waals surface area contributed by atoms with Crippen LogP contribution >= 0.6 is 0 Å². The van der Waals surface area contributed by atoms with E-state index >= 15 is 0 Å². The second kappa shape index (κ2) is 5.38. The number of rotatable bonds is 2. The number of nitrogens with one attached hydrogen (secondary N) is 1. The summed E-state index contributed by atoms with van der Waals surface area (Å²) in [6.07, 6.45) is 3.77. The first-order valence-electron chi connectivity index (χ1n) is 8.88. The number of aryl methyl sites for hydroxylation is 1. The zero-order chi connectivity index (χ0) is 16.1. The molecule has 1 aliphatic carbocycles. The Morgan fingerprint density at radius 2 is 1.92 bits per heavy atom. The lowest BCUT2D eigenvalue weighted by Crippen LogP contribution is -2.35. The van der Waals surface area contributed by atoms with Crippen molar-refractivity contribution in [2.75, 3.05) is 13.7 Å². The molecule has 0 radical (unpaired) electrons. The van der Waals surface area contributed by atoms with Gasteiger partial charge in [0.2, 0.25) is 0 Å². The highest BCUT2D eigenvalue weighted by molar-refractivity contribution is 5.90. The van der Waals surface area contributed by atoms with Gasteiger partial charge in [0.05, 0.1) is 7.11 Å². The molecule has 0 amide bonds. The van der Waals surface area contributed by atoms with Crippen LogP contribution in [0.5, 0.6) is 5.75 Å². The van der Waals surface area contributed by atoms with Gasteiger partial charge >= 0.3 is 0 Å². The van der Waals surface area contributed by atoms with Gasteiger partial charge in [0, 0.05) is 35.7 Å². The second-order valence-corrected chi connectivity index (χ2v) is 6.87. The maximum atomic E-state index is 5.28. The van der Waals surface area contributed by atoms with Crippen LogP contribution in [0.2, 0.25) is 0 Å². The second-order valence-electron chi connectivity index (χ2n) is 6.87. The van der Waals surface area contributed by atoms with Crippen molar-refractivity contribution in [3.63, 3.8) is 0 Å². The Bertz CT molecular complexity index is 906. The lowest BCUT2D eigenvalue weighted by atomic mass is 9.90. The summed E-state index contributed by atoms with van der Waals surface area (Å²) in [6.45, 7) is 2.17. The molecule has 1 N–H and O–H groups in total. The average Bonchev–Trinajstić information content (AvgIpc) is 2.98. The average molecular weight is 318 g/mol. The third-order valence-electron chi connectivity index (χ3n) is 5.61. The lowest BCUT2D eigenvalue weighted by molar-refractivity contribution is 0.384. The summed E-state index contributed by atoms with van der Waals surface area (Å²) in [6, 6.07) is 15.9. The SMILES string of the molecule is COc1ccc(-c2ccc3c(c2)c2c4n3CCN[C@@H]4CCC2)cc1. The Morgan fingerprint density at radius 1 is 1.08 bits per heavy atom. The van der Waals surface area contributed by atoms with Gasteiger partial charge in [0.15, 0.2) is 0 Å². The molecule has 2 aliphatic rings. The monoisotopic (exact) mass is 318 g/mol. The van der Waals surface area contributed by atoms with Crippen LogP contribution in [-0.4, -0.2) is 18.2 Å². The molecule has 0 fully saturated rings. The van der Waals surface area contributed by atoms with E-state index in [-0.39, 0.29) is 0 Å². The van der Waals surface area contributed by atoms with Crippen molar-refractivity contribution in [3.8, 4) is 16.9 Å². The lowest BCUT2D eigenvalue weighted by Gasteiger charge is -2.31. The van der Waals surface area contributed by atoms with E-state index in [0.29, 0.717) is 6.04 Å². The maximum absolute atomic E-state index is 5.28. The van der Waals surface area contributed by atoms with E-state index in [0.717, 1.165) is 18.8 Å². The predicted octanol–water partition coefficient (Wildman–Crippen LogP) is 4.30. The summed E-state index contributed by atoms with van der Waals surface area (Å²) in [5, 5.41) is 5.15. The van der Waals surface area contributed by atoms with Crippen molar-refractivity contribution in [2.45, 2.75) is 31.8 Å². The molecule has 1 aliphatic heterocycles. The van der Waals surface area contributed by atoms with E-state index < -0.39 is 0 Å². The zero-order valence-electron chi connectivity index (χ0n) is 14.0. The van der Waals surface area contributed by atoms with Crippen LogP contribution in [0, 0.1) is 0 Å². The van der Waals surface area contributed by atoms with Gasteiger partial charge in [-0.05, 0) is 60.2 Å². The Morgan fingerprint density at radius 3 is 2.75 bits per heavy atom. The number of ether oxygens (including phenoxy) is 1. The van der Waals surface area contributed by atoms with E-state index in [1.165, 1.54) is 41.3 Å². The number of fused-ring (bicyclic) bond motifs is 3. The quantitative estimate of drug-likeness (QED) is 0.762. The Hall–Kier alpha value is -2.26. The minimum absolute atomic E-state index is 0.555. The van der Waals surface area contributed by atoms with Crippen LogP contribution in [-0.2, 0) is 13.0 Å². The summed E-state index contributed by atoms with van der Waals surface area (Å²) in [7, 11) is 1.71. The number of aromatic nitrogens is 1. The molecule has 0 bridgehead atoms. The van der Waals surface area contributed by atoms with Crippen LogP contribution in [0.25, 0.3) is 22.0 Å². The smallest absolute Gasteiger partial charge is 0.118 e.